The Bertz CT molecular complexity index is 766. The van der Waals surface area contributed by atoms with Crippen molar-refractivity contribution in [3.05, 3.63) is 30.7 Å². The largest absolute Gasteiger partial charge is 0.365 e. The first kappa shape index (κ1) is 17.6. The highest BCUT2D eigenvalue weighted by molar-refractivity contribution is 5.87. The zero-order valence-electron chi connectivity index (χ0n) is 15.3. The molecule has 134 valence electrons. The Morgan fingerprint density at radius 2 is 2.24 bits per heavy atom. The number of carbonyl (C=O) groups excluding carboxylic acids is 1. The second-order valence-corrected chi connectivity index (χ2v) is 7.25. The second-order valence-electron chi connectivity index (χ2n) is 7.25. The minimum atomic E-state index is 0.302. The van der Waals surface area contributed by atoms with E-state index < -0.39 is 0 Å². The van der Waals surface area contributed by atoms with E-state index in [2.05, 4.69) is 64.4 Å². The van der Waals surface area contributed by atoms with Crippen LogP contribution >= 0.6 is 0 Å². The number of hydrogen-bond acceptors (Lipinski definition) is 5. The lowest BCUT2D eigenvalue weighted by Crippen LogP contribution is -2.47. The number of piperidine rings is 1. The molecule has 3 rings (SSSR count). The molecule has 6 nitrogen and oxygen atoms in total. The van der Waals surface area contributed by atoms with Crippen LogP contribution in [0.15, 0.2) is 30.7 Å². The highest BCUT2D eigenvalue weighted by Gasteiger charge is 2.26. The van der Waals surface area contributed by atoms with Crippen molar-refractivity contribution in [1.29, 1.82) is 0 Å². The molecule has 25 heavy (non-hydrogen) atoms. The average molecular weight is 341 g/mol. The number of fused-ring (bicyclic) bond motifs is 1. The average Bonchev–Trinajstić information content (AvgIpc) is 3.03. The molecule has 1 aliphatic heterocycles. The molecule has 0 saturated carbocycles. The van der Waals surface area contributed by atoms with Crippen LogP contribution in [0.5, 0.6) is 0 Å². The molecular weight excluding hydrogens is 314 g/mol. The predicted molar refractivity (Wildman–Crippen MR) is 101 cm³/mol. The maximum absolute atomic E-state index is 10.9. The van der Waals surface area contributed by atoms with Crippen LogP contribution in [0.2, 0.25) is 0 Å². The lowest BCUT2D eigenvalue weighted by Gasteiger charge is -2.38. The smallest absolute Gasteiger partial charge is 0.146 e. The highest BCUT2D eigenvalue weighted by atomic mass is 16.1. The van der Waals surface area contributed by atoms with Gasteiger partial charge in [-0.25, -0.2) is 9.97 Å². The van der Waals surface area contributed by atoms with Gasteiger partial charge in [-0.15, -0.1) is 0 Å². The van der Waals surface area contributed by atoms with Crippen LogP contribution < -0.4 is 5.32 Å². The Balaban J connectivity index is 1.77. The van der Waals surface area contributed by atoms with Gasteiger partial charge in [-0.2, -0.15) is 0 Å². The molecule has 3 heterocycles. The van der Waals surface area contributed by atoms with Crippen LogP contribution in [0.3, 0.4) is 0 Å². The van der Waals surface area contributed by atoms with E-state index in [-0.39, 0.29) is 0 Å². The number of likely N-dealkylation sites (tertiary alicyclic amines) is 1. The summed E-state index contributed by atoms with van der Waals surface area (Å²) < 4.78 is 2.16. The van der Waals surface area contributed by atoms with Crippen molar-refractivity contribution in [2.45, 2.75) is 51.7 Å². The second kappa shape index (κ2) is 7.35. The molecule has 0 unspecified atom stereocenters. The van der Waals surface area contributed by atoms with Gasteiger partial charge in [-0.1, -0.05) is 6.58 Å². The van der Waals surface area contributed by atoms with Crippen LogP contribution in [-0.2, 0) is 4.79 Å². The van der Waals surface area contributed by atoms with Crippen molar-refractivity contribution in [3.8, 4) is 0 Å². The van der Waals surface area contributed by atoms with Gasteiger partial charge in [0.2, 0.25) is 0 Å². The molecular formula is C19H27N5O. The van der Waals surface area contributed by atoms with Crippen LogP contribution in [-0.4, -0.2) is 50.9 Å². The minimum Gasteiger partial charge on any atom is -0.365 e. The maximum atomic E-state index is 10.9. The third-order valence-electron chi connectivity index (χ3n) is 4.99. The Morgan fingerprint density at radius 3 is 2.96 bits per heavy atom. The Kier molecular flexibility index (Phi) is 5.18. The quantitative estimate of drug-likeness (QED) is 0.646. The fraction of sp³-hybridized carbons (Fsp3) is 0.526. The zero-order valence-corrected chi connectivity index (χ0v) is 15.3. The number of aldehydes is 1. The van der Waals surface area contributed by atoms with E-state index >= 15 is 0 Å². The summed E-state index contributed by atoms with van der Waals surface area (Å²) in [6, 6.07) is 3.20. The first-order valence-corrected chi connectivity index (χ1v) is 8.94. The van der Waals surface area contributed by atoms with Crippen molar-refractivity contribution in [2.24, 2.45) is 0 Å². The van der Waals surface area contributed by atoms with E-state index in [1.807, 2.05) is 0 Å². The lowest BCUT2D eigenvalue weighted by atomic mass is 9.98. The number of nitrogens with one attached hydrogen (secondary N) is 1. The van der Waals surface area contributed by atoms with Crippen molar-refractivity contribution in [2.75, 3.05) is 18.4 Å². The molecule has 0 aromatic carbocycles. The lowest BCUT2D eigenvalue weighted by molar-refractivity contribution is -0.105. The summed E-state index contributed by atoms with van der Waals surface area (Å²) in [4.78, 5) is 22.1. The summed E-state index contributed by atoms with van der Waals surface area (Å²) in [5.41, 5.74) is 1.59. The number of aromatic nitrogens is 3. The highest BCUT2D eigenvalue weighted by Crippen LogP contribution is 2.26. The van der Waals surface area contributed by atoms with E-state index in [4.69, 9.17) is 0 Å². The van der Waals surface area contributed by atoms with E-state index in [0.717, 1.165) is 42.5 Å². The van der Waals surface area contributed by atoms with Gasteiger partial charge in [0.05, 0.1) is 5.39 Å². The number of nitrogens with zero attached hydrogens (tertiary/aromatic N) is 4. The normalized spacial score (nSPS) is 21.6. The SMILES string of the molecule is C=C(C=O)CN1C[C@H](Nc2ncnc3c2ccn3C(C)C)CC[C@@H]1C. The number of rotatable bonds is 6. The van der Waals surface area contributed by atoms with Crippen molar-refractivity contribution in [3.63, 3.8) is 0 Å². The molecule has 0 radical (unpaired) electrons. The number of carbonyl (C=O) groups is 1. The topological polar surface area (TPSA) is 63.1 Å². The monoisotopic (exact) mass is 341 g/mol. The van der Waals surface area contributed by atoms with Gasteiger partial charge >= 0.3 is 0 Å². The Hall–Kier alpha value is -2.21. The van der Waals surface area contributed by atoms with Crippen molar-refractivity contribution < 1.29 is 4.79 Å². The predicted octanol–water partition coefficient (Wildman–Crippen LogP) is 3.03. The van der Waals surface area contributed by atoms with Gasteiger partial charge in [0.15, 0.2) is 0 Å². The molecule has 2 aromatic rings. The molecule has 2 atom stereocenters. The van der Waals surface area contributed by atoms with Gasteiger partial charge < -0.3 is 9.88 Å². The van der Waals surface area contributed by atoms with Gasteiger partial charge in [0.25, 0.3) is 0 Å². The number of hydrogen-bond donors (Lipinski definition) is 1. The number of anilines is 1. The molecule has 0 aliphatic carbocycles. The molecule has 0 bridgehead atoms. The zero-order chi connectivity index (χ0) is 18.0. The fourth-order valence-electron chi connectivity index (χ4n) is 3.51. The first-order chi connectivity index (χ1) is 12.0. The standard InChI is InChI=1S/C19H27N5O/c1-13(2)24-8-7-17-18(20-12-21-19(17)24)22-16-6-5-15(4)23(10-16)9-14(3)11-25/h7-8,11-13,15-16H,3,5-6,9-10H2,1-2,4H3,(H,20,21,22)/t15-,16+/m0/s1. The molecule has 0 spiro atoms. The van der Waals surface area contributed by atoms with Gasteiger partial charge in [0.1, 0.15) is 24.1 Å². The van der Waals surface area contributed by atoms with Crippen LogP contribution in [0.4, 0.5) is 5.82 Å². The molecule has 1 N–H and O–H groups in total. The molecule has 1 saturated heterocycles. The minimum absolute atomic E-state index is 0.302. The summed E-state index contributed by atoms with van der Waals surface area (Å²) in [6.07, 6.45) is 6.72. The summed E-state index contributed by atoms with van der Waals surface area (Å²) in [5.74, 6) is 0.887. The third kappa shape index (κ3) is 3.74. The summed E-state index contributed by atoms with van der Waals surface area (Å²) in [7, 11) is 0. The van der Waals surface area contributed by atoms with Crippen LogP contribution in [0, 0.1) is 0 Å². The summed E-state index contributed by atoms with van der Waals surface area (Å²) in [5, 5.41) is 4.65. The van der Waals surface area contributed by atoms with Crippen molar-refractivity contribution in [1.82, 2.24) is 19.4 Å². The molecule has 6 heteroatoms. The third-order valence-corrected chi connectivity index (χ3v) is 4.99. The van der Waals surface area contributed by atoms with E-state index in [1.54, 1.807) is 6.33 Å². The van der Waals surface area contributed by atoms with Gasteiger partial charge in [-0.05, 0) is 45.3 Å². The van der Waals surface area contributed by atoms with E-state index in [1.165, 1.54) is 0 Å². The van der Waals surface area contributed by atoms with E-state index in [9.17, 15) is 4.79 Å². The first-order valence-electron chi connectivity index (χ1n) is 8.94. The molecule has 0 amide bonds. The molecule has 1 fully saturated rings. The van der Waals surface area contributed by atoms with Gasteiger partial charge in [-0.3, -0.25) is 9.69 Å². The van der Waals surface area contributed by atoms with Gasteiger partial charge in [0, 0.05) is 37.4 Å². The Labute approximate surface area is 148 Å². The maximum Gasteiger partial charge on any atom is 0.146 e. The molecule has 2 aromatic heterocycles. The van der Waals surface area contributed by atoms with Crippen molar-refractivity contribution >= 4 is 23.1 Å². The van der Waals surface area contributed by atoms with Crippen LogP contribution in [0.25, 0.3) is 11.0 Å². The fourth-order valence-corrected chi connectivity index (χ4v) is 3.51. The summed E-state index contributed by atoms with van der Waals surface area (Å²) in [6.45, 7) is 11.8. The summed E-state index contributed by atoms with van der Waals surface area (Å²) >= 11 is 0. The Morgan fingerprint density at radius 1 is 1.44 bits per heavy atom. The molecule has 1 aliphatic rings. The van der Waals surface area contributed by atoms with E-state index in [0.29, 0.717) is 30.2 Å². The van der Waals surface area contributed by atoms with Crippen LogP contribution in [0.1, 0.15) is 39.7 Å².